The molecule has 1 heterocycles. The number of nitrogens with one attached hydrogen (secondary N) is 2. The number of hydrogen-bond donors (Lipinski definition) is 2. The molecular weight excluding hydrogens is 152 g/mol. The molecule has 0 aromatic heterocycles. The number of hydrogen-bond acceptors (Lipinski definition) is 2. The molecule has 10 heavy (non-hydrogen) atoms. The Labute approximate surface area is 67.0 Å². The van der Waals surface area contributed by atoms with E-state index in [1.54, 1.807) is 6.92 Å². The molecule has 1 amide bonds. The predicted octanol–water partition coefficient (Wildman–Crippen LogP) is -0.0938. The minimum absolute atomic E-state index is 0. The van der Waals surface area contributed by atoms with Crippen molar-refractivity contribution in [1.82, 2.24) is 10.6 Å². The van der Waals surface area contributed by atoms with Crippen molar-refractivity contribution in [2.75, 3.05) is 13.1 Å². The summed E-state index contributed by atoms with van der Waals surface area (Å²) in [6, 6.07) is 0.377. The lowest BCUT2D eigenvalue weighted by Crippen LogP contribution is -2.34. The Morgan fingerprint density at radius 2 is 2.40 bits per heavy atom. The van der Waals surface area contributed by atoms with Gasteiger partial charge in [-0.15, -0.1) is 12.4 Å². The van der Waals surface area contributed by atoms with Crippen LogP contribution in [0.1, 0.15) is 13.3 Å². The molecular formula is C6H13ClN2O. The van der Waals surface area contributed by atoms with E-state index in [2.05, 4.69) is 10.6 Å². The minimum atomic E-state index is 0. The van der Waals surface area contributed by atoms with Crippen LogP contribution in [-0.2, 0) is 4.79 Å². The lowest BCUT2D eigenvalue weighted by Gasteiger charge is -2.07. The van der Waals surface area contributed by atoms with Gasteiger partial charge >= 0.3 is 0 Å². The quantitative estimate of drug-likeness (QED) is 0.569. The molecule has 0 radical (unpaired) electrons. The molecule has 0 spiro atoms. The van der Waals surface area contributed by atoms with Gasteiger partial charge in [0.2, 0.25) is 5.91 Å². The molecule has 0 aromatic rings. The normalized spacial score (nSPS) is 23.5. The first kappa shape index (κ1) is 9.72. The zero-order valence-electron chi connectivity index (χ0n) is 6.02. The Balaban J connectivity index is 0.000000810. The maximum Gasteiger partial charge on any atom is 0.217 e. The van der Waals surface area contributed by atoms with Crippen LogP contribution in [0, 0.1) is 0 Å². The van der Waals surface area contributed by atoms with Crippen molar-refractivity contribution < 1.29 is 4.79 Å². The molecule has 1 aliphatic heterocycles. The average molecular weight is 165 g/mol. The van der Waals surface area contributed by atoms with Crippen molar-refractivity contribution in [1.29, 1.82) is 0 Å². The van der Waals surface area contributed by atoms with E-state index in [0.717, 1.165) is 19.5 Å². The fraction of sp³-hybridized carbons (Fsp3) is 0.833. The smallest absolute Gasteiger partial charge is 0.217 e. The van der Waals surface area contributed by atoms with Crippen LogP contribution in [-0.4, -0.2) is 25.0 Å². The van der Waals surface area contributed by atoms with Crippen LogP contribution in [0.25, 0.3) is 0 Å². The van der Waals surface area contributed by atoms with Crippen molar-refractivity contribution >= 4 is 18.3 Å². The number of amides is 1. The first-order valence-corrected chi connectivity index (χ1v) is 3.27. The zero-order valence-corrected chi connectivity index (χ0v) is 6.83. The third-order valence-electron chi connectivity index (χ3n) is 1.47. The van der Waals surface area contributed by atoms with Gasteiger partial charge < -0.3 is 10.6 Å². The van der Waals surface area contributed by atoms with E-state index in [-0.39, 0.29) is 18.3 Å². The second-order valence-electron chi connectivity index (χ2n) is 2.39. The molecule has 0 saturated carbocycles. The summed E-state index contributed by atoms with van der Waals surface area (Å²) in [7, 11) is 0. The second kappa shape index (κ2) is 4.52. The van der Waals surface area contributed by atoms with E-state index in [1.807, 2.05) is 0 Å². The van der Waals surface area contributed by atoms with Gasteiger partial charge in [-0.05, 0) is 13.0 Å². The standard InChI is InChI=1S/C6H12N2O.ClH/c1-5(9)8-6-2-3-7-4-6;/h6-7H,2-4H2,1H3,(H,8,9);1H/t6-;/m0./s1. The van der Waals surface area contributed by atoms with Gasteiger partial charge in [-0.25, -0.2) is 0 Å². The minimum Gasteiger partial charge on any atom is -0.352 e. The van der Waals surface area contributed by atoms with Crippen molar-refractivity contribution in [2.45, 2.75) is 19.4 Å². The average Bonchev–Trinajstić information content (AvgIpc) is 2.15. The van der Waals surface area contributed by atoms with Gasteiger partial charge in [-0.3, -0.25) is 4.79 Å². The Kier molecular flexibility index (Phi) is 4.40. The third-order valence-corrected chi connectivity index (χ3v) is 1.47. The lowest BCUT2D eigenvalue weighted by molar-refractivity contribution is -0.119. The highest BCUT2D eigenvalue weighted by Gasteiger charge is 2.13. The number of halogens is 1. The Morgan fingerprint density at radius 3 is 2.80 bits per heavy atom. The van der Waals surface area contributed by atoms with Crippen molar-refractivity contribution in [3.8, 4) is 0 Å². The highest BCUT2D eigenvalue weighted by atomic mass is 35.5. The van der Waals surface area contributed by atoms with Gasteiger partial charge in [0.25, 0.3) is 0 Å². The highest BCUT2D eigenvalue weighted by molar-refractivity contribution is 5.85. The van der Waals surface area contributed by atoms with Gasteiger partial charge in [-0.2, -0.15) is 0 Å². The highest BCUT2D eigenvalue weighted by Crippen LogP contribution is 1.95. The number of carbonyl (C=O) groups is 1. The Hall–Kier alpha value is -0.280. The van der Waals surface area contributed by atoms with Crippen LogP contribution in [0.4, 0.5) is 0 Å². The Morgan fingerprint density at radius 1 is 1.70 bits per heavy atom. The van der Waals surface area contributed by atoms with Gasteiger partial charge in [0.1, 0.15) is 0 Å². The lowest BCUT2D eigenvalue weighted by atomic mass is 10.3. The Bertz CT molecular complexity index is 112. The molecule has 2 N–H and O–H groups in total. The summed E-state index contributed by atoms with van der Waals surface area (Å²) in [6.07, 6.45) is 1.07. The maximum atomic E-state index is 10.5. The largest absolute Gasteiger partial charge is 0.352 e. The van der Waals surface area contributed by atoms with Gasteiger partial charge in [0, 0.05) is 19.5 Å². The summed E-state index contributed by atoms with van der Waals surface area (Å²) < 4.78 is 0. The summed E-state index contributed by atoms with van der Waals surface area (Å²) in [5, 5.41) is 6.00. The van der Waals surface area contributed by atoms with Crippen molar-refractivity contribution in [2.24, 2.45) is 0 Å². The van der Waals surface area contributed by atoms with Gasteiger partial charge in [0.15, 0.2) is 0 Å². The van der Waals surface area contributed by atoms with Crippen LogP contribution < -0.4 is 10.6 Å². The monoisotopic (exact) mass is 164 g/mol. The van der Waals surface area contributed by atoms with E-state index < -0.39 is 0 Å². The molecule has 60 valence electrons. The maximum absolute atomic E-state index is 10.5. The summed E-state index contributed by atoms with van der Waals surface area (Å²) >= 11 is 0. The van der Waals surface area contributed by atoms with Crippen molar-refractivity contribution in [3.05, 3.63) is 0 Å². The second-order valence-corrected chi connectivity index (χ2v) is 2.39. The molecule has 0 bridgehead atoms. The zero-order chi connectivity index (χ0) is 6.69. The summed E-state index contributed by atoms with van der Waals surface area (Å²) in [4.78, 5) is 10.5. The molecule has 1 saturated heterocycles. The fourth-order valence-corrected chi connectivity index (χ4v) is 1.07. The van der Waals surface area contributed by atoms with Gasteiger partial charge in [-0.1, -0.05) is 0 Å². The fourth-order valence-electron chi connectivity index (χ4n) is 1.07. The molecule has 0 aromatic carbocycles. The molecule has 1 fully saturated rings. The van der Waals surface area contributed by atoms with Gasteiger partial charge in [0.05, 0.1) is 0 Å². The molecule has 4 heteroatoms. The first-order valence-electron chi connectivity index (χ1n) is 3.27. The van der Waals surface area contributed by atoms with Crippen LogP contribution in [0.5, 0.6) is 0 Å². The summed E-state index contributed by atoms with van der Waals surface area (Å²) in [6.45, 7) is 3.52. The molecule has 1 atom stereocenters. The molecule has 3 nitrogen and oxygen atoms in total. The van der Waals surface area contributed by atoms with E-state index >= 15 is 0 Å². The molecule has 1 aliphatic rings. The van der Waals surface area contributed by atoms with E-state index in [1.165, 1.54) is 0 Å². The van der Waals surface area contributed by atoms with Crippen LogP contribution >= 0.6 is 12.4 Å². The van der Waals surface area contributed by atoms with E-state index in [9.17, 15) is 4.79 Å². The summed E-state index contributed by atoms with van der Waals surface area (Å²) in [5.41, 5.74) is 0. The van der Waals surface area contributed by atoms with E-state index in [0.29, 0.717) is 6.04 Å². The van der Waals surface area contributed by atoms with Crippen LogP contribution in [0.15, 0.2) is 0 Å². The van der Waals surface area contributed by atoms with Crippen molar-refractivity contribution in [3.63, 3.8) is 0 Å². The molecule has 0 unspecified atom stereocenters. The first-order chi connectivity index (χ1) is 4.29. The molecule has 0 aliphatic carbocycles. The molecule has 1 rings (SSSR count). The number of rotatable bonds is 1. The SMILES string of the molecule is CC(=O)N[C@H]1CCNC1.Cl. The number of carbonyl (C=O) groups excluding carboxylic acids is 1. The third kappa shape index (κ3) is 3.03. The van der Waals surface area contributed by atoms with Crippen LogP contribution in [0.2, 0.25) is 0 Å². The topological polar surface area (TPSA) is 41.1 Å². The summed E-state index contributed by atoms with van der Waals surface area (Å²) in [5.74, 6) is 0.0729. The van der Waals surface area contributed by atoms with E-state index in [4.69, 9.17) is 0 Å². The predicted molar refractivity (Wildman–Crippen MR) is 42.3 cm³/mol. The van der Waals surface area contributed by atoms with Crippen LogP contribution in [0.3, 0.4) is 0 Å².